The maximum Gasteiger partial charge on any atom is 0.335 e. The van der Waals surface area contributed by atoms with Crippen molar-refractivity contribution in [3.8, 4) is 0 Å². The van der Waals surface area contributed by atoms with Crippen molar-refractivity contribution in [1.29, 1.82) is 0 Å². The lowest BCUT2D eigenvalue weighted by atomic mass is 10.0. The molecule has 0 aromatic carbocycles. The van der Waals surface area contributed by atoms with Gasteiger partial charge in [-0.25, -0.2) is 9.59 Å². The zero-order valence-electron chi connectivity index (χ0n) is 37.3. The number of ether oxygens (including phenoxy) is 12. The first-order chi connectivity index (χ1) is 31.4. The highest BCUT2D eigenvalue weighted by Crippen LogP contribution is 2.33. The van der Waals surface area contributed by atoms with Crippen molar-refractivity contribution >= 4 is 41.5 Å². The fraction of sp³-hybridized carbons (Fsp3) is 0.878. The van der Waals surface area contributed by atoms with Crippen LogP contribution in [0.5, 0.6) is 0 Å². The van der Waals surface area contributed by atoms with E-state index in [1.54, 1.807) is 0 Å². The molecule has 23 heteroatoms. The lowest BCUT2D eigenvalue weighted by Gasteiger charge is -2.16. The Labute approximate surface area is 380 Å². The summed E-state index contributed by atoms with van der Waals surface area (Å²) in [5.74, 6) is -0.746. The lowest BCUT2D eigenvalue weighted by Crippen LogP contribution is -2.36. The summed E-state index contributed by atoms with van der Waals surface area (Å²) in [6, 6.07) is 0.384. The number of carbonyl (C=O) groups is 5. The molecule has 3 fully saturated rings. The smallest absolute Gasteiger partial charge is 0.335 e. The monoisotopic (exact) mass is 940 g/mol. The third kappa shape index (κ3) is 28.3. The lowest BCUT2D eigenvalue weighted by molar-refractivity contribution is -0.198. The predicted molar refractivity (Wildman–Crippen MR) is 229 cm³/mol. The number of hydrogen-bond donors (Lipinski definition) is 3. The summed E-state index contributed by atoms with van der Waals surface area (Å²) in [6.07, 6.45) is 3.33. The second-order valence-electron chi connectivity index (χ2n) is 14.4. The topological polar surface area (TPSA) is 245 Å². The molecule has 0 radical (unpaired) electrons. The molecule has 370 valence electrons. The molecule has 3 atom stereocenters. The zero-order valence-corrected chi connectivity index (χ0v) is 38.1. The fourth-order valence-electron chi connectivity index (χ4n) is 6.11. The maximum atomic E-state index is 12.1. The number of imide groups is 1. The number of fused-ring (bicyclic) bond motifs is 1. The van der Waals surface area contributed by atoms with Gasteiger partial charge in [-0.3, -0.25) is 14.4 Å². The summed E-state index contributed by atoms with van der Waals surface area (Å²) >= 11 is 1.90. The van der Waals surface area contributed by atoms with E-state index in [0.29, 0.717) is 169 Å². The van der Waals surface area contributed by atoms with E-state index in [1.807, 2.05) is 11.8 Å². The first-order valence-electron chi connectivity index (χ1n) is 22.4. The van der Waals surface area contributed by atoms with Gasteiger partial charge in [-0.2, -0.15) is 11.8 Å². The number of thioether (sulfide) groups is 1. The number of unbranched alkanes of at least 4 members (excludes halogenated alkanes) is 1. The Morgan fingerprint density at radius 2 is 0.906 bits per heavy atom. The van der Waals surface area contributed by atoms with Gasteiger partial charge in [-0.05, 0) is 12.8 Å². The van der Waals surface area contributed by atoms with Gasteiger partial charge in [-0.1, -0.05) is 6.42 Å². The summed E-state index contributed by atoms with van der Waals surface area (Å²) in [5, 5.41) is 9.78. The van der Waals surface area contributed by atoms with Gasteiger partial charge in [0, 0.05) is 36.8 Å². The van der Waals surface area contributed by atoms with Gasteiger partial charge in [0.25, 0.3) is 11.8 Å². The van der Waals surface area contributed by atoms with Crippen molar-refractivity contribution in [3.63, 3.8) is 0 Å². The second kappa shape index (κ2) is 38.3. The van der Waals surface area contributed by atoms with Gasteiger partial charge in [0.2, 0.25) is 5.91 Å². The number of rotatable bonds is 45. The summed E-state index contributed by atoms with van der Waals surface area (Å²) in [4.78, 5) is 62.8. The number of hydroxylamine groups is 2. The Bertz CT molecular complexity index is 1250. The molecule has 3 aliphatic heterocycles. The summed E-state index contributed by atoms with van der Waals surface area (Å²) in [6.45, 7) is 10.7. The fourth-order valence-corrected chi connectivity index (χ4v) is 7.65. The van der Waals surface area contributed by atoms with E-state index in [9.17, 15) is 24.0 Å². The van der Waals surface area contributed by atoms with Gasteiger partial charge in [0.15, 0.2) is 0 Å². The maximum absolute atomic E-state index is 12.1. The molecule has 0 unspecified atom stereocenters. The Balaban J connectivity index is 0.881. The average molecular weight is 941 g/mol. The summed E-state index contributed by atoms with van der Waals surface area (Å²) in [7, 11) is 0. The standard InChI is InChI=1S/C41H72N4O18S/c46-36(4-2-1-3-35-40-34(33-64-35)43-41(50)44-40)42-8-10-52-12-14-54-16-18-56-20-22-58-24-26-60-28-30-62-32-31-61-29-27-59-25-23-57-21-19-55-17-15-53-13-11-51-9-7-39(49)63-45-37(47)5-6-38(45)48/h34-35,40H,1-33H2,(H,42,46)(H2,43,44,50)/t34-,35-,40-/m0/s1. The molecule has 3 heterocycles. The van der Waals surface area contributed by atoms with Crippen molar-refractivity contribution in [1.82, 2.24) is 21.0 Å². The summed E-state index contributed by atoms with van der Waals surface area (Å²) < 4.78 is 65.5. The number of amides is 5. The third-order valence-electron chi connectivity index (χ3n) is 9.39. The Morgan fingerprint density at radius 3 is 1.33 bits per heavy atom. The van der Waals surface area contributed by atoms with E-state index in [-0.39, 0.29) is 56.5 Å². The molecule has 3 rings (SSSR count). The zero-order chi connectivity index (χ0) is 45.6. The third-order valence-corrected chi connectivity index (χ3v) is 10.9. The highest BCUT2D eigenvalue weighted by molar-refractivity contribution is 8.00. The molecule has 0 aliphatic carbocycles. The average Bonchev–Trinajstić information content (AvgIpc) is 3.95. The van der Waals surface area contributed by atoms with Gasteiger partial charge < -0.3 is 77.6 Å². The van der Waals surface area contributed by atoms with Crippen LogP contribution in [0, 0.1) is 0 Å². The first kappa shape index (κ1) is 55.5. The first-order valence-corrected chi connectivity index (χ1v) is 23.4. The molecule has 0 aromatic rings. The van der Waals surface area contributed by atoms with Crippen LogP contribution >= 0.6 is 11.8 Å². The van der Waals surface area contributed by atoms with Crippen molar-refractivity contribution < 1.29 is 85.7 Å². The van der Waals surface area contributed by atoms with Crippen LogP contribution in [0.2, 0.25) is 0 Å². The molecule has 3 saturated heterocycles. The van der Waals surface area contributed by atoms with Crippen LogP contribution in [0.4, 0.5) is 4.79 Å². The largest absolute Gasteiger partial charge is 0.378 e. The minimum Gasteiger partial charge on any atom is -0.378 e. The normalized spacial score (nSPS) is 18.2. The van der Waals surface area contributed by atoms with Crippen LogP contribution < -0.4 is 16.0 Å². The van der Waals surface area contributed by atoms with Crippen LogP contribution in [0.25, 0.3) is 0 Å². The van der Waals surface area contributed by atoms with E-state index in [0.717, 1.165) is 25.0 Å². The second-order valence-corrected chi connectivity index (χ2v) is 15.6. The molecule has 3 N–H and O–H groups in total. The van der Waals surface area contributed by atoms with Crippen molar-refractivity contribution in [3.05, 3.63) is 0 Å². The van der Waals surface area contributed by atoms with Gasteiger partial charge in [0.05, 0.1) is 177 Å². The van der Waals surface area contributed by atoms with E-state index in [1.165, 1.54) is 0 Å². The van der Waals surface area contributed by atoms with Gasteiger partial charge in [0.1, 0.15) is 0 Å². The molecule has 22 nitrogen and oxygen atoms in total. The minimum absolute atomic E-state index is 0.0345. The Morgan fingerprint density at radius 1 is 0.516 bits per heavy atom. The van der Waals surface area contributed by atoms with Crippen LogP contribution in [0.1, 0.15) is 44.9 Å². The molecule has 5 amide bonds. The van der Waals surface area contributed by atoms with E-state index in [2.05, 4.69) is 16.0 Å². The van der Waals surface area contributed by atoms with Crippen LogP contribution in [0.15, 0.2) is 0 Å². The van der Waals surface area contributed by atoms with E-state index in [4.69, 9.17) is 61.7 Å². The van der Waals surface area contributed by atoms with Crippen molar-refractivity contribution in [2.24, 2.45) is 0 Å². The van der Waals surface area contributed by atoms with Crippen LogP contribution in [-0.4, -0.2) is 223 Å². The molecule has 0 bridgehead atoms. The molecule has 0 aromatic heterocycles. The van der Waals surface area contributed by atoms with Crippen LogP contribution in [-0.2, 0) is 80.9 Å². The van der Waals surface area contributed by atoms with Crippen molar-refractivity contribution in [2.75, 3.05) is 171 Å². The molecule has 3 aliphatic rings. The SMILES string of the molecule is O=C(CCCC[C@@H]1SC[C@@H]2NC(=O)N[C@@H]21)NCCOCCOCCOCCOCCOCCOCCOCCOCCOCCOCCOCCOCCC(=O)ON1C(=O)CCC1=O. The summed E-state index contributed by atoms with van der Waals surface area (Å²) in [5.41, 5.74) is 0. The number of urea groups is 1. The quantitative estimate of drug-likeness (QED) is 0.0414. The predicted octanol–water partition coefficient (Wildman–Crippen LogP) is 0.0249. The Kier molecular flexibility index (Phi) is 33.3. The highest BCUT2D eigenvalue weighted by Gasteiger charge is 2.42. The van der Waals surface area contributed by atoms with Gasteiger partial charge in [-0.15, -0.1) is 5.06 Å². The van der Waals surface area contributed by atoms with Gasteiger partial charge >= 0.3 is 12.0 Å². The Hall–Kier alpha value is -2.78. The molecular weight excluding hydrogens is 869 g/mol. The molecular formula is C41H72N4O18S. The highest BCUT2D eigenvalue weighted by atomic mass is 32.2. The molecule has 64 heavy (non-hydrogen) atoms. The van der Waals surface area contributed by atoms with E-state index < -0.39 is 17.8 Å². The van der Waals surface area contributed by atoms with E-state index >= 15 is 0 Å². The minimum atomic E-state index is -0.704. The van der Waals surface area contributed by atoms with Crippen molar-refractivity contribution in [2.45, 2.75) is 62.3 Å². The number of nitrogens with zero attached hydrogens (tertiary/aromatic N) is 1. The molecule has 0 spiro atoms. The molecule has 0 saturated carbocycles. The number of nitrogens with one attached hydrogen (secondary N) is 3. The number of carbonyl (C=O) groups excluding carboxylic acids is 5. The van der Waals surface area contributed by atoms with Crippen LogP contribution in [0.3, 0.4) is 0 Å². The number of hydrogen-bond acceptors (Lipinski definition) is 19.